The number of rotatable bonds is 5. The predicted octanol–water partition coefficient (Wildman–Crippen LogP) is 3.51. The van der Waals surface area contributed by atoms with Crippen LogP contribution in [0, 0.1) is 13.8 Å². The Morgan fingerprint density at radius 2 is 1.70 bits per heavy atom. The van der Waals surface area contributed by atoms with Crippen molar-refractivity contribution in [3.63, 3.8) is 0 Å². The minimum atomic E-state index is -0.333. The van der Waals surface area contributed by atoms with Gasteiger partial charge in [0, 0.05) is 12.6 Å². The summed E-state index contributed by atoms with van der Waals surface area (Å²) in [6, 6.07) is 15.0. The van der Waals surface area contributed by atoms with Crippen molar-refractivity contribution in [3.8, 4) is 0 Å². The molecule has 4 nitrogen and oxygen atoms in total. The fraction of sp³-hybridized carbons (Fsp3) is 0.263. The molecule has 2 N–H and O–H groups in total. The van der Waals surface area contributed by atoms with E-state index in [0.717, 1.165) is 16.8 Å². The molecule has 1 unspecified atom stereocenters. The fourth-order valence-corrected chi connectivity index (χ4v) is 2.40. The highest BCUT2D eigenvalue weighted by atomic mass is 16.2. The third kappa shape index (κ3) is 4.95. The lowest BCUT2D eigenvalue weighted by Gasteiger charge is -2.18. The zero-order chi connectivity index (χ0) is 16.8. The van der Waals surface area contributed by atoms with Gasteiger partial charge in [-0.1, -0.05) is 36.4 Å². The Morgan fingerprint density at radius 3 is 2.30 bits per heavy atom. The number of amides is 2. The number of carbonyl (C=O) groups excluding carboxylic acids is 2. The second-order valence-electron chi connectivity index (χ2n) is 5.72. The molecule has 0 aromatic heterocycles. The third-order valence-electron chi connectivity index (χ3n) is 3.76. The fourth-order valence-electron chi connectivity index (χ4n) is 2.40. The van der Waals surface area contributed by atoms with Crippen LogP contribution in [0.25, 0.3) is 0 Å². The lowest BCUT2D eigenvalue weighted by Crippen LogP contribution is -2.29. The van der Waals surface area contributed by atoms with E-state index in [1.54, 1.807) is 0 Å². The molecule has 2 rings (SSSR count). The molecule has 2 aromatic rings. The minimum absolute atomic E-state index is 0.129. The molecule has 0 spiro atoms. The molecule has 0 radical (unpaired) electrons. The number of benzene rings is 2. The van der Waals surface area contributed by atoms with Crippen molar-refractivity contribution in [2.45, 2.75) is 33.2 Å². The molecule has 0 bridgehead atoms. The van der Waals surface area contributed by atoms with Gasteiger partial charge in [-0.15, -0.1) is 0 Å². The van der Waals surface area contributed by atoms with E-state index in [-0.39, 0.29) is 24.3 Å². The molecule has 2 amide bonds. The first-order chi connectivity index (χ1) is 11.0. The molecule has 0 aliphatic rings. The Bertz CT molecular complexity index is 696. The van der Waals surface area contributed by atoms with Crippen LogP contribution in [0.3, 0.4) is 0 Å². The summed E-state index contributed by atoms with van der Waals surface area (Å²) in [5, 5.41) is 5.73. The smallest absolute Gasteiger partial charge is 0.226 e. The topological polar surface area (TPSA) is 58.2 Å². The first kappa shape index (κ1) is 16.7. The Hall–Kier alpha value is -2.62. The van der Waals surface area contributed by atoms with Gasteiger partial charge in [0.15, 0.2) is 0 Å². The summed E-state index contributed by atoms with van der Waals surface area (Å²) < 4.78 is 0. The number of carbonyl (C=O) groups is 2. The molecule has 23 heavy (non-hydrogen) atoms. The van der Waals surface area contributed by atoms with Crippen molar-refractivity contribution in [3.05, 3.63) is 65.2 Å². The number of anilines is 1. The lowest BCUT2D eigenvalue weighted by atomic mass is 10.0. The largest absolute Gasteiger partial charge is 0.349 e. The van der Waals surface area contributed by atoms with Gasteiger partial charge in [-0.25, -0.2) is 0 Å². The first-order valence-corrected chi connectivity index (χ1v) is 7.65. The Morgan fingerprint density at radius 1 is 1.00 bits per heavy atom. The average molecular weight is 310 g/mol. The highest BCUT2D eigenvalue weighted by Crippen LogP contribution is 2.19. The second-order valence-corrected chi connectivity index (χ2v) is 5.72. The van der Waals surface area contributed by atoms with E-state index in [1.165, 1.54) is 12.5 Å². The van der Waals surface area contributed by atoms with E-state index in [0.29, 0.717) is 0 Å². The molecule has 0 fully saturated rings. The van der Waals surface area contributed by atoms with Gasteiger partial charge in [0.1, 0.15) is 0 Å². The molecular formula is C19H22N2O2. The van der Waals surface area contributed by atoms with Crippen LogP contribution >= 0.6 is 0 Å². The van der Waals surface area contributed by atoms with Crippen molar-refractivity contribution in [1.82, 2.24) is 5.32 Å². The van der Waals surface area contributed by atoms with Crippen LogP contribution in [-0.4, -0.2) is 11.8 Å². The summed E-state index contributed by atoms with van der Waals surface area (Å²) in [6.07, 6.45) is 0.191. The van der Waals surface area contributed by atoms with Gasteiger partial charge in [0.25, 0.3) is 0 Å². The molecule has 0 aliphatic carbocycles. The van der Waals surface area contributed by atoms with Crippen molar-refractivity contribution >= 4 is 17.5 Å². The SMILES string of the molecule is CC(=O)NC(CC(=O)Nc1ccc(C)c(C)c1)c1ccccc1. The van der Waals surface area contributed by atoms with Crippen LogP contribution in [-0.2, 0) is 9.59 Å². The molecule has 0 aliphatic heterocycles. The molecule has 120 valence electrons. The molecule has 4 heteroatoms. The maximum atomic E-state index is 12.3. The van der Waals surface area contributed by atoms with Gasteiger partial charge in [-0.05, 0) is 42.7 Å². The number of nitrogens with one attached hydrogen (secondary N) is 2. The van der Waals surface area contributed by atoms with Crippen LogP contribution in [0.1, 0.15) is 36.1 Å². The quantitative estimate of drug-likeness (QED) is 0.888. The molecule has 0 heterocycles. The van der Waals surface area contributed by atoms with Crippen molar-refractivity contribution in [2.75, 3.05) is 5.32 Å². The van der Waals surface area contributed by atoms with Crippen LogP contribution in [0.15, 0.2) is 48.5 Å². The first-order valence-electron chi connectivity index (χ1n) is 7.65. The predicted molar refractivity (Wildman–Crippen MR) is 92.2 cm³/mol. The van der Waals surface area contributed by atoms with Gasteiger partial charge < -0.3 is 10.6 Å². The van der Waals surface area contributed by atoms with Crippen molar-refractivity contribution in [2.24, 2.45) is 0 Å². The molecule has 2 aromatic carbocycles. The maximum absolute atomic E-state index is 12.3. The molecule has 1 atom stereocenters. The van der Waals surface area contributed by atoms with E-state index in [9.17, 15) is 9.59 Å². The van der Waals surface area contributed by atoms with Crippen LogP contribution in [0.2, 0.25) is 0 Å². The Kier molecular flexibility index (Phi) is 5.52. The van der Waals surface area contributed by atoms with E-state index in [4.69, 9.17) is 0 Å². The number of hydrogen-bond donors (Lipinski definition) is 2. The van der Waals surface area contributed by atoms with E-state index in [2.05, 4.69) is 10.6 Å². The van der Waals surface area contributed by atoms with Gasteiger partial charge >= 0.3 is 0 Å². The van der Waals surface area contributed by atoms with Gasteiger partial charge in [0.05, 0.1) is 12.5 Å². The van der Waals surface area contributed by atoms with Gasteiger partial charge in [-0.2, -0.15) is 0 Å². The molecule has 0 saturated carbocycles. The summed E-state index contributed by atoms with van der Waals surface area (Å²) in [6.45, 7) is 5.50. The summed E-state index contributed by atoms with van der Waals surface area (Å²) in [5.41, 5.74) is 4.00. The minimum Gasteiger partial charge on any atom is -0.349 e. The highest BCUT2D eigenvalue weighted by molar-refractivity contribution is 5.91. The summed E-state index contributed by atoms with van der Waals surface area (Å²) in [4.78, 5) is 23.7. The maximum Gasteiger partial charge on any atom is 0.226 e. The zero-order valence-corrected chi connectivity index (χ0v) is 13.7. The Labute approximate surface area is 136 Å². The zero-order valence-electron chi connectivity index (χ0n) is 13.7. The number of hydrogen-bond acceptors (Lipinski definition) is 2. The highest BCUT2D eigenvalue weighted by Gasteiger charge is 2.17. The van der Waals surface area contributed by atoms with Gasteiger partial charge in [-0.3, -0.25) is 9.59 Å². The summed E-state index contributed by atoms with van der Waals surface area (Å²) >= 11 is 0. The van der Waals surface area contributed by atoms with Crippen LogP contribution < -0.4 is 10.6 Å². The van der Waals surface area contributed by atoms with E-state index in [1.807, 2.05) is 62.4 Å². The normalized spacial score (nSPS) is 11.6. The van der Waals surface area contributed by atoms with Crippen LogP contribution in [0.4, 0.5) is 5.69 Å². The van der Waals surface area contributed by atoms with Crippen LogP contribution in [0.5, 0.6) is 0 Å². The molecule has 0 saturated heterocycles. The second kappa shape index (κ2) is 7.58. The Balaban J connectivity index is 2.08. The average Bonchev–Trinajstić information content (AvgIpc) is 2.51. The van der Waals surface area contributed by atoms with E-state index >= 15 is 0 Å². The third-order valence-corrected chi connectivity index (χ3v) is 3.76. The van der Waals surface area contributed by atoms with Gasteiger partial charge in [0.2, 0.25) is 11.8 Å². The van der Waals surface area contributed by atoms with Crippen molar-refractivity contribution in [1.29, 1.82) is 0 Å². The van der Waals surface area contributed by atoms with Crippen molar-refractivity contribution < 1.29 is 9.59 Å². The molecular weight excluding hydrogens is 288 g/mol. The summed E-state index contributed by atoms with van der Waals surface area (Å²) in [7, 11) is 0. The number of aryl methyl sites for hydroxylation is 2. The lowest BCUT2D eigenvalue weighted by molar-refractivity contribution is -0.120. The summed E-state index contributed by atoms with van der Waals surface area (Å²) in [5.74, 6) is -0.284. The monoisotopic (exact) mass is 310 g/mol. The van der Waals surface area contributed by atoms with E-state index < -0.39 is 0 Å². The standard InChI is InChI=1S/C19H22N2O2/c1-13-9-10-17(11-14(13)2)21-19(23)12-18(20-15(3)22)16-7-5-4-6-8-16/h4-11,18H,12H2,1-3H3,(H,20,22)(H,21,23).